The molecule has 0 amide bonds. The van der Waals surface area contributed by atoms with Gasteiger partial charge in [0, 0.05) is 28.7 Å². The van der Waals surface area contributed by atoms with Gasteiger partial charge in [-0.05, 0) is 55.3 Å². The van der Waals surface area contributed by atoms with Gasteiger partial charge in [0.15, 0.2) is 0 Å². The standard InChI is InChI=1S/C26H23FO6/c1-30-16-2-4-17(5-3-16)32-22-11-9-21(27)26-20(22)8-10-23(26)33-18-6-7-19-15(12-25(28)29)14-31-24(19)13-18/h2-7,9,11,13,15,23H,8,10,12,14H2,1H3,(H,28,29). The molecule has 0 aromatic heterocycles. The molecule has 3 aromatic rings. The maximum absolute atomic E-state index is 14.8. The fourth-order valence-electron chi connectivity index (χ4n) is 4.50. The molecular formula is C26H23FO6. The molecule has 1 heterocycles. The molecule has 2 atom stereocenters. The monoisotopic (exact) mass is 450 g/mol. The Balaban J connectivity index is 1.36. The van der Waals surface area contributed by atoms with Crippen LogP contribution in [0.25, 0.3) is 0 Å². The summed E-state index contributed by atoms with van der Waals surface area (Å²) in [7, 11) is 1.60. The molecule has 1 aliphatic heterocycles. The molecule has 33 heavy (non-hydrogen) atoms. The number of benzene rings is 3. The molecule has 2 aliphatic rings. The van der Waals surface area contributed by atoms with Gasteiger partial charge in [-0.3, -0.25) is 4.79 Å². The maximum atomic E-state index is 14.8. The topological polar surface area (TPSA) is 74.2 Å². The van der Waals surface area contributed by atoms with Crippen molar-refractivity contribution in [3.05, 3.63) is 77.1 Å². The second kappa shape index (κ2) is 8.65. The summed E-state index contributed by atoms with van der Waals surface area (Å²) in [5, 5.41) is 9.07. The summed E-state index contributed by atoms with van der Waals surface area (Å²) in [6.45, 7) is 0.331. The Morgan fingerprint density at radius 2 is 1.85 bits per heavy atom. The summed E-state index contributed by atoms with van der Waals surface area (Å²) in [5.41, 5.74) is 2.17. The van der Waals surface area contributed by atoms with E-state index in [0.29, 0.717) is 48.0 Å². The third kappa shape index (κ3) is 4.18. The van der Waals surface area contributed by atoms with Crippen LogP contribution in [-0.2, 0) is 11.2 Å². The molecule has 6 nitrogen and oxygen atoms in total. The van der Waals surface area contributed by atoms with E-state index in [9.17, 15) is 9.18 Å². The molecule has 0 spiro atoms. The number of halogens is 1. The van der Waals surface area contributed by atoms with E-state index in [1.165, 1.54) is 6.07 Å². The van der Waals surface area contributed by atoms with Crippen LogP contribution in [0.5, 0.6) is 28.7 Å². The maximum Gasteiger partial charge on any atom is 0.304 e. The second-order valence-corrected chi connectivity index (χ2v) is 8.17. The van der Waals surface area contributed by atoms with Crippen molar-refractivity contribution in [2.24, 2.45) is 0 Å². The molecule has 1 aliphatic carbocycles. The van der Waals surface area contributed by atoms with E-state index in [2.05, 4.69) is 0 Å². The summed E-state index contributed by atoms with van der Waals surface area (Å²) >= 11 is 0. The van der Waals surface area contributed by atoms with Gasteiger partial charge in [0.05, 0.1) is 20.1 Å². The summed E-state index contributed by atoms with van der Waals surface area (Å²) in [6.07, 6.45) is 0.819. The number of ether oxygens (including phenoxy) is 4. The van der Waals surface area contributed by atoms with E-state index in [1.807, 2.05) is 18.2 Å². The van der Waals surface area contributed by atoms with Crippen molar-refractivity contribution in [3.63, 3.8) is 0 Å². The van der Waals surface area contributed by atoms with Gasteiger partial charge in [-0.25, -0.2) is 4.39 Å². The average Bonchev–Trinajstić information content (AvgIpc) is 3.41. The molecule has 0 saturated carbocycles. The van der Waals surface area contributed by atoms with Crippen LogP contribution >= 0.6 is 0 Å². The zero-order valence-electron chi connectivity index (χ0n) is 18.0. The van der Waals surface area contributed by atoms with Crippen LogP contribution in [0.3, 0.4) is 0 Å². The smallest absolute Gasteiger partial charge is 0.304 e. The van der Waals surface area contributed by atoms with Crippen molar-refractivity contribution < 1.29 is 33.2 Å². The molecular weight excluding hydrogens is 427 g/mol. The Bertz CT molecular complexity index is 1190. The fraction of sp³-hybridized carbons (Fsp3) is 0.269. The number of hydrogen-bond donors (Lipinski definition) is 1. The lowest BCUT2D eigenvalue weighted by Crippen LogP contribution is -2.07. The normalized spacial score (nSPS) is 18.2. The summed E-state index contributed by atoms with van der Waals surface area (Å²) in [6, 6.07) is 15.7. The summed E-state index contributed by atoms with van der Waals surface area (Å²) < 4.78 is 37.8. The minimum absolute atomic E-state index is 0.0192. The largest absolute Gasteiger partial charge is 0.497 e. The number of aliphatic carboxylic acids is 1. The van der Waals surface area contributed by atoms with Crippen LogP contribution in [-0.4, -0.2) is 24.8 Å². The van der Waals surface area contributed by atoms with E-state index >= 15 is 0 Å². The molecule has 0 radical (unpaired) electrons. The molecule has 0 saturated heterocycles. The SMILES string of the molecule is COc1ccc(Oc2ccc(F)c3c2CCC3Oc2ccc3c(c2)OCC3CC(=O)O)cc1. The van der Waals surface area contributed by atoms with Gasteiger partial charge in [-0.15, -0.1) is 0 Å². The van der Waals surface area contributed by atoms with Crippen LogP contribution in [0, 0.1) is 5.82 Å². The van der Waals surface area contributed by atoms with Crippen LogP contribution < -0.4 is 18.9 Å². The van der Waals surface area contributed by atoms with E-state index in [-0.39, 0.29) is 18.2 Å². The first-order valence-corrected chi connectivity index (χ1v) is 10.8. The minimum atomic E-state index is -0.859. The fourth-order valence-corrected chi connectivity index (χ4v) is 4.50. The van der Waals surface area contributed by atoms with Crippen LogP contribution in [0.1, 0.15) is 41.6 Å². The molecule has 1 N–H and O–H groups in total. The molecule has 2 unspecified atom stereocenters. The van der Waals surface area contributed by atoms with Crippen molar-refractivity contribution in [1.29, 1.82) is 0 Å². The van der Waals surface area contributed by atoms with Gasteiger partial charge in [0.25, 0.3) is 0 Å². The first-order chi connectivity index (χ1) is 16.0. The van der Waals surface area contributed by atoms with Crippen LogP contribution in [0.2, 0.25) is 0 Å². The zero-order valence-corrected chi connectivity index (χ0v) is 18.0. The number of fused-ring (bicyclic) bond motifs is 2. The van der Waals surface area contributed by atoms with Crippen molar-refractivity contribution in [1.82, 2.24) is 0 Å². The minimum Gasteiger partial charge on any atom is -0.497 e. The van der Waals surface area contributed by atoms with Gasteiger partial charge in [0.2, 0.25) is 0 Å². The number of carboxylic acids is 1. The van der Waals surface area contributed by atoms with Gasteiger partial charge >= 0.3 is 5.97 Å². The highest BCUT2D eigenvalue weighted by Gasteiger charge is 2.32. The predicted molar refractivity (Wildman–Crippen MR) is 118 cm³/mol. The highest BCUT2D eigenvalue weighted by Crippen LogP contribution is 2.44. The number of carboxylic acid groups (broad SMARTS) is 1. The number of carbonyl (C=O) groups is 1. The predicted octanol–water partition coefficient (Wildman–Crippen LogP) is 5.64. The lowest BCUT2D eigenvalue weighted by Gasteiger charge is -2.17. The third-order valence-corrected chi connectivity index (χ3v) is 6.09. The van der Waals surface area contributed by atoms with E-state index in [4.69, 9.17) is 24.1 Å². The lowest BCUT2D eigenvalue weighted by molar-refractivity contribution is -0.137. The van der Waals surface area contributed by atoms with Gasteiger partial charge in [0.1, 0.15) is 40.7 Å². The van der Waals surface area contributed by atoms with E-state index in [0.717, 1.165) is 16.9 Å². The molecule has 0 bridgehead atoms. The van der Waals surface area contributed by atoms with Gasteiger partial charge < -0.3 is 24.1 Å². The number of methoxy groups -OCH3 is 1. The van der Waals surface area contributed by atoms with Crippen molar-refractivity contribution >= 4 is 5.97 Å². The zero-order chi connectivity index (χ0) is 22.9. The first-order valence-electron chi connectivity index (χ1n) is 10.8. The molecule has 0 fully saturated rings. The third-order valence-electron chi connectivity index (χ3n) is 6.09. The molecule has 3 aromatic carbocycles. The van der Waals surface area contributed by atoms with Crippen LogP contribution in [0.4, 0.5) is 4.39 Å². The van der Waals surface area contributed by atoms with Crippen molar-refractivity contribution in [3.8, 4) is 28.7 Å². The Morgan fingerprint density at radius 1 is 1.09 bits per heavy atom. The van der Waals surface area contributed by atoms with Crippen LogP contribution in [0.15, 0.2) is 54.6 Å². The van der Waals surface area contributed by atoms with Gasteiger partial charge in [-0.2, -0.15) is 0 Å². The summed E-state index contributed by atoms with van der Waals surface area (Å²) in [5.74, 6) is 1.80. The Hall–Kier alpha value is -3.74. The van der Waals surface area contributed by atoms with Crippen molar-refractivity contribution in [2.75, 3.05) is 13.7 Å². The second-order valence-electron chi connectivity index (χ2n) is 8.17. The van der Waals surface area contributed by atoms with Gasteiger partial charge in [-0.1, -0.05) is 6.07 Å². The highest BCUT2D eigenvalue weighted by atomic mass is 19.1. The Kier molecular flexibility index (Phi) is 5.54. The molecule has 7 heteroatoms. The Morgan fingerprint density at radius 3 is 2.61 bits per heavy atom. The average molecular weight is 450 g/mol. The van der Waals surface area contributed by atoms with Crippen molar-refractivity contribution in [2.45, 2.75) is 31.3 Å². The highest BCUT2D eigenvalue weighted by molar-refractivity contribution is 5.68. The molecule has 170 valence electrons. The molecule has 5 rings (SSSR count). The number of hydrogen-bond acceptors (Lipinski definition) is 5. The first kappa shape index (κ1) is 21.1. The Labute approximate surface area is 190 Å². The number of rotatable bonds is 7. The van der Waals surface area contributed by atoms with E-state index in [1.54, 1.807) is 37.4 Å². The quantitative estimate of drug-likeness (QED) is 0.502. The van der Waals surface area contributed by atoms with E-state index < -0.39 is 12.1 Å². The lowest BCUT2D eigenvalue weighted by atomic mass is 9.98. The summed E-state index contributed by atoms with van der Waals surface area (Å²) in [4.78, 5) is 11.1.